The van der Waals surface area contributed by atoms with Gasteiger partial charge in [0.25, 0.3) is 0 Å². The van der Waals surface area contributed by atoms with E-state index < -0.39 is 0 Å². The molecule has 3 saturated heterocycles. The maximum absolute atomic E-state index is 12.6. The SMILES string of the molecule is O=C(CCCc1cccs1)N1CCC2(CC1)CC(O)CN(C1CCOCC1)C2. The number of nitrogens with zero attached hydrogens (tertiary/aromatic N) is 2. The summed E-state index contributed by atoms with van der Waals surface area (Å²) < 4.78 is 5.52. The van der Waals surface area contributed by atoms with E-state index in [-0.39, 0.29) is 11.5 Å². The summed E-state index contributed by atoms with van der Waals surface area (Å²) in [4.78, 5) is 18.6. The van der Waals surface area contributed by atoms with Gasteiger partial charge in [-0.15, -0.1) is 11.3 Å². The zero-order valence-electron chi connectivity index (χ0n) is 16.9. The number of likely N-dealkylation sites (tertiary alicyclic amines) is 2. The lowest BCUT2D eigenvalue weighted by Crippen LogP contribution is -2.57. The highest BCUT2D eigenvalue weighted by molar-refractivity contribution is 7.09. The molecular formula is C22H34N2O3S. The summed E-state index contributed by atoms with van der Waals surface area (Å²) in [6.45, 7) is 5.28. The van der Waals surface area contributed by atoms with Crippen molar-refractivity contribution in [3.8, 4) is 0 Å². The molecule has 4 rings (SSSR count). The lowest BCUT2D eigenvalue weighted by molar-refractivity contribution is -0.135. The van der Waals surface area contributed by atoms with Crippen LogP contribution < -0.4 is 0 Å². The Kier molecular flexibility index (Phi) is 6.71. The van der Waals surface area contributed by atoms with Crippen molar-refractivity contribution in [2.24, 2.45) is 5.41 Å². The summed E-state index contributed by atoms with van der Waals surface area (Å²) in [5, 5.41) is 12.7. The van der Waals surface area contributed by atoms with Crippen LogP contribution in [0.5, 0.6) is 0 Å². The fraction of sp³-hybridized carbons (Fsp3) is 0.773. The van der Waals surface area contributed by atoms with Gasteiger partial charge in [0.2, 0.25) is 5.91 Å². The molecule has 1 unspecified atom stereocenters. The van der Waals surface area contributed by atoms with Crippen LogP contribution in [-0.2, 0) is 16.0 Å². The van der Waals surface area contributed by atoms with E-state index in [4.69, 9.17) is 4.74 Å². The summed E-state index contributed by atoms with van der Waals surface area (Å²) >= 11 is 1.78. The molecule has 1 aromatic heterocycles. The third-order valence-electron chi connectivity index (χ3n) is 6.93. The van der Waals surface area contributed by atoms with E-state index in [1.807, 2.05) is 0 Å². The third-order valence-corrected chi connectivity index (χ3v) is 7.87. The first-order valence-electron chi connectivity index (χ1n) is 10.9. The summed E-state index contributed by atoms with van der Waals surface area (Å²) in [5.74, 6) is 0.309. The molecule has 4 heterocycles. The number of aliphatic hydroxyl groups is 1. The second-order valence-electron chi connectivity index (χ2n) is 8.94. The Hall–Kier alpha value is -0.950. The molecular weight excluding hydrogens is 372 g/mol. The van der Waals surface area contributed by atoms with Crippen LogP contribution in [0.25, 0.3) is 0 Å². The van der Waals surface area contributed by atoms with Gasteiger partial charge in [-0.3, -0.25) is 9.69 Å². The van der Waals surface area contributed by atoms with Crippen molar-refractivity contribution in [1.82, 2.24) is 9.80 Å². The average molecular weight is 407 g/mol. The first kappa shape index (κ1) is 20.3. The minimum absolute atomic E-state index is 0.184. The maximum atomic E-state index is 12.6. The smallest absolute Gasteiger partial charge is 0.222 e. The molecule has 3 aliphatic heterocycles. The van der Waals surface area contributed by atoms with Crippen molar-refractivity contribution in [3.63, 3.8) is 0 Å². The van der Waals surface area contributed by atoms with Crippen molar-refractivity contribution in [3.05, 3.63) is 22.4 Å². The third kappa shape index (κ3) is 4.96. The summed E-state index contributed by atoms with van der Waals surface area (Å²) in [7, 11) is 0. The second kappa shape index (κ2) is 9.24. The van der Waals surface area contributed by atoms with Gasteiger partial charge in [0.1, 0.15) is 0 Å². The number of carbonyl (C=O) groups is 1. The fourth-order valence-corrected chi connectivity index (χ4v) is 6.09. The molecule has 0 radical (unpaired) electrons. The van der Waals surface area contributed by atoms with E-state index in [0.29, 0.717) is 18.4 Å². The molecule has 0 aliphatic carbocycles. The van der Waals surface area contributed by atoms with Crippen LogP contribution in [0, 0.1) is 5.41 Å². The zero-order chi connectivity index (χ0) is 19.4. The first-order valence-corrected chi connectivity index (χ1v) is 11.8. The van der Waals surface area contributed by atoms with Crippen LogP contribution in [0.4, 0.5) is 0 Å². The number of aryl methyl sites for hydroxylation is 1. The number of amides is 1. The van der Waals surface area contributed by atoms with Gasteiger partial charge in [-0.1, -0.05) is 6.07 Å². The van der Waals surface area contributed by atoms with Crippen molar-refractivity contribution in [1.29, 1.82) is 0 Å². The van der Waals surface area contributed by atoms with Crippen LogP contribution in [0.2, 0.25) is 0 Å². The highest BCUT2D eigenvalue weighted by Gasteiger charge is 2.43. The summed E-state index contributed by atoms with van der Waals surface area (Å²) in [6, 6.07) is 4.78. The molecule has 5 nitrogen and oxygen atoms in total. The molecule has 3 fully saturated rings. The summed E-state index contributed by atoms with van der Waals surface area (Å²) in [5.41, 5.74) is 0.184. The van der Waals surface area contributed by atoms with Gasteiger partial charge in [0, 0.05) is 56.7 Å². The van der Waals surface area contributed by atoms with E-state index in [1.165, 1.54) is 4.88 Å². The minimum atomic E-state index is -0.232. The lowest BCUT2D eigenvalue weighted by Gasteiger charge is -2.51. The van der Waals surface area contributed by atoms with Crippen LogP contribution in [0.1, 0.15) is 49.8 Å². The number of hydrogen-bond acceptors (Lipinski definition) is 5. The Balaban J connectivity index is 1.26. The quantitative estimate of drug-likeness (QED) is 0.817. The Morgan fingerprint density at radius 1 is 1.29 bits per heavy atom. The minimum Gasteiger partial charge on any atom is -0.392 e. The van der Waals surface area contributed by atoms with Crippen molar-refractivity contribution in [2.75, 3.05) is 39.4 Å². The molecule has 0 aromatic carbocycles. The highest BCUT2D eigenvalue weighted by Crippen LogP contribution is 2.41. The predicted octanol–water partition coefficient (Wildman–Crippen LogP) is 2.93. The number of thiophene rings is 1. The van der Waals surface area contributed by atoms with E-state index >= 15 is 0 Å². The van der Waals surface area contributed by atoms with E-state index in [1.54, 1.807) is 11.3 Å². The van der Waals surface area contributed by atoms with Crippen LogP contribution >= 0.6 is 11.3 Å². The number of rotatable bonds is 5. The summed E-state index contributed by atoms with van der Waals surface area (Å²) in [6.07, 6.45) is 7.49. The molecule has 156 valence electrons. The molecule has 1 N–H and O–H groups in total. The van der Waals surface area contributed by atoms with Crippen LogP contribution in [-0.4, -0.2) is 72.4 Å². The molecule has 0 saturated carbocycles. The monoisotopic (exact) mass is 406 g/mol. The van der Waals surface area contributed by atoms with Crippen molar-refractivity contribution < 1.29 is 14.6 Å². The number of aliphatic hydroxyl groups excluding tert-OH is 1. The van der Waals surface area contributed by atoms with Crippen molar-refractivity contribution in [2.45, 2.75) is 63.5 Å². The average Bonchev–Trinajstić information content (AvgIpc) is 3.22. The second-order valence-corrected chi connectivity index (χ2v) is 9.98. The Morgan fingerprint density at radius 3 is 2.79 bits per heavy atom. The molecule has 1 spiro atoms. The van der Waals surface area contributed by atoms with Crippen molar-refractivity contribution >= 4 is 17.2 Å². The van der Waals surface area contributed by atoms with Gasteiger partial charge in [-0.25, -0.2) is 0 Å². The number of carbonyl (C=O) groups excluding carboxylic acids is 1. The van der Waals surface area contributed by atoms with Gasteiger partial charge in [-0.2, -0.15) is 0 Å². The van der Waals surface area contributed by atoms with E-state index in [9.17, 15) is 9.90 Å². The Labute approximate surface area is 172 Å². The predicted molar refractivity (Wildman–Crippen MR) is 112 cm³/mol. The topological polar surface area (TPSA) is 53.0 Å². The molecule has 0 bridgehead atoms. The maximum Gasteiger partial charge on any atom is 0.222 e. The number of hydrogen-bond donors (Lipinski definition) is 1. The van der Waals surface area contributed by atoms with E-state index in [2.05, 4.69) is 27.3 Å². The van der Waals surface area contributed by atoms with E-state index in [0.717, 1.165) is 84.3 Å². The molecule has 6 heteroatoms. The molecule has 1 aromatic rings. The highest BCUT2D eigenvalue weighted by atomic mass is 32.1. The number of β-amino-alcohol motifs (C(OH)–C–C–N with tert-alkyl or cyclic N) is 1. The molecule has 1 amide bonds. The van der Waals surface area contributed by atoms with Crippen LogP contribution in [0.15, 0.2) is 17.5 Å². The normalized spacial score (nSPS) is 26.6. The molecule has 1 atom stereocenters. The zero-order valence-corrected chi connectivity index (χ0v) is 17.7. The van der Waals surface area contributed by atoms with Gasteiger partial charge in [0.05, 0.1) is 6.10 Å². The van der Waals surface area contributed by atoms with Crippen LogP contribution in [0.3, 0.4) is 0 Å². The first-order chi connectivity index (χ1) is 13.6. The van der Waals surface area contributed by atoms with Gasteiger partial charge < -0.3 is 14.7 Å². The number of piperidine rings is 2. The lowest BCUT2D eigenvalue weighted by atomic mass is 9.71. The van der Waals surface area contributed by atoms with Gasteiger partial charge >= 0.3 is 0 Å². The van der Waals surface area contributed by atoms with Gasteiger partial charge in [0.15, 0.2) is 0 Å². The molecule has 3 aliphatic rings. The Bertz CT molecular complexity index is 622. The number of ether oxygens (including phenoxy) is 1. The molecule has 28 heavy (non-hydrogen) atoms. The fourth-order valence-electron chi connectivity index (χ4n) is 5.34. The van der Waals surface area contributed by atoms with Gasteiger partial charge in [-0.05, 0) is 61.8 Å². The Morgan fingerprint density at radius 2 is 2.07 bits per heavy atom. The largest absolute Gasteiger partial charge is 0.392 e. The standard InChI is InChI=1S/C22H34N2O3S/c25-19-15-22(17-24(16-19)18-6-12-27-13-7-18)8-10-23(11-9-22)21(26)5-1-3-20-4-2-14-28-20/h2,4,14,18-19,25H,1,3,5-13,15-17H2.